The molecule has 0 radical (unpaired) electrons. The highest BCUT2D eigenvalue weighted by Gasteiger charge is 2.26. The molecule has 140 valence electrons. The fourth-order valence-electron chi connectivity index (χ4n) is 4.06. The van der Waals surface area contributed by atoms with E-state index in [1.807, 2.05) is 42.2 Å². The Kier molecular flexibility index (Phi) is 3.62. The van der Waals surface area contributed by atoms with Crippen LogP contribution >= 0.6 is 0 Å². The summed E-state index contributed by atoms with van der Waals surface area (Å²) in [5.74, 6) is -0.0997. The number of amides is 1. The molecule has 4 aromatic rings. The zero-order chi connectivity index (χ0) is 19.4. The average Bonchev–Trinajstić information content (AvgIpc) is 3.04. The molecular weight excluding hydrogens is 352 g/mol. The van der Waals surface area contributed by atoms with Crippen molar-refractivity contribution in [2.75, 3.05) is 11.4 Å². The maximum Gasteiger partial charge on any atom is 0.274 e. The van der Waals surface area contributed by atoms with E-state index in [0.29, 0.717) is 28.9 Å². The summed E-state index contributed by atoms with van der Waals surface area (Å²) in [5, 5.41) is 0.458. The summed E-state index contributed by atoms with van der Waals surface area (Å²) < 4.78 is 3.28. The maximum atomic E-state index is 13.4. The Balaban J connectivity index is 1.69. The minimum absolute atomic E-state index is 0.0997. The fourth-order valence-corrected chi connectivity index (χ4v) is 4.06. The number of aromatic nitrogens is 3. The third-order valence-corrected chi connectivity index (χ3v) is 5.52. The van der Waals surface area contributed by atoms with E-state index < -0.39 is 0 Å². The molecule has 0 fully saturated rings. The second-order valence-corrected chi connectivity index (χ2v) is 7.37. The van der Waals surface area contributed by atoms with Crippen LogP contribution in [0, 0.1) is 6.92 Å². The molecule has 4 heterocycles. The van der Waals surface area contributed by atoms with Gasteiger partial charge in [0, 0.05) is 25.5 Å². The first-order valence-corrected chi connectivity index (χ1v) is 9.43. The van der Waals surface area contributed by atoms with Gasteiger partial charge in [-0.1, -0.05) is 24.3 Å². The number of para-hydroxylation sites is 1. The van der Waals surface area contributed by atoms with Crippen LogP contribution in [0.3, 0.4) is 0 Å². The van der Waals surface area contributed by atoms with Crippen molar-refractivity contribution in [3.8, 4) is 0 Å². The van der Waals surface area contributed by atoms with Crippen molar-refractivity contribution in [3.63, 3.8) is 0 Å². The molecule has 0 aliphatic carbocycles. The number of carbonyl (C=O) groups is 1. The van der Waals surface area contributed by atoms with E-state index in [1.165, 1.54) is 5.56 Å². The molecule has 6 heteroatoms. The smallest absolute Gasteiger partial charge is 0.274 e. The summed E-state index contributed by atoms with van der Waals surface area (Å²) in [7, 11) is 1.79. The highest BCUT2D eigenvalue weighted by atomic mass is 16.2. The lowest BCUT2D eigenvalue weighted by Crippen LogP contribution is -2.36. The summed E-state index contributed by atoms with van der Waals surface area (Å²) in [5.41, 5.74) is 4.54. The van der Waals surface area contributed by atoms with Crippen LogP contribution < -0.4 is 10.5 Å². The Hall–Kier alpha value is -3.41. The predicted molar refractivity (Wildman–Crippen MR) is 109 cm³/mol. The number of benzene rings is 1. The minimum Gasteiger partial charge on any atom is -0.324 e. The van der Waals surface area contributed by atoms with E-state index in [2.05, 4.69) is 11.1 Å². The van der Waals surface area contributed by atoms with Crippen molar-refractivity contribution >= 4 is 28.3 Å². The number of hydrogen-bond donors (Lipinski definition) is 0. The molecule has 6 nitrogen and oxygen atoms in total. The lowest BCUT2D eigenvalue weighted by atomic mass is 10.0. The number of pyridine rings is 1. The van der Waals surface area contributed by atoms with Crippen molar-refractivity contribution in [2.24, 2.45) is 7.05 Å². The molecule has 1 amide bonds. The summed E-state index contributed by atoms with van der Waals surface area (Å²) in [6.07, 6.45) is 3.68. The molecule has 3 aromatic heterocycles. The quantitative estimate of drug-likeness (QED) is 0.516. The summed E-state index contributed by atoms with van der Waals surface area (Å²) in [6, 6.07) is 13.4. The molecule has 1 aromatic carbocycles. The molecule has 1 aliphatic rings. The Labute approximate surface area is 161 Å². The molecule has 0 saturated heterocycles. The first kappa shape index (κ1) is 16.7. The number of carbonyl (C=O) groups excluding carboxylic acids is 1. The van der Waals surface area contributed by atoms with Crippen molar-refractivity contribution in [1.82, 2.24) is 14.0 Å². The Bertz CT molecular complexity index is 1320. The first-order chi connectivity index (χ1) is 13.5. The van der Waals surface area contributed by atoms with Crippen LogP contribution in [-0.2, 0) is 13.5 Å². The topological polar surface area (TPSA) is 59.6 Å². The van der Waals surface area contributed by atoms with Gasteiger partial charge in [-0.05, 0) is 49.1 Å². The van der Waals surface area contributed by atoms with Gasteiger partial charge in [0.05, 0.1) is 5.39 Å². The minimum atomic E-state index is -0.155. The number of hydrogen-bond acceptors (Lipinski definition) is 3. The van der Waals surface area contributed by atoms with Gasteiger partial charge < -0.3 is 9.47 Å². The molecule has 0 atom stereocenters. The lowest BCUT2D eigenvalue weighted by Gasteiger charge is -2.29. The van der Waals surface area contributed by atoms with Gasteiger partial charge in [0.2, 0.25) is 0 Å². The van der Waals surface area contributed by atoms with Gasteiger partial charge in [-0.2, -0.15) is 0 Å². The second-order valence-electron chi connectivity index (χ2n) is 7.37. The van der Waals surface area contributed by atoms with E-state index >= 15 is 0 Å². The molecule has 28 heavy (non-hydrogen) atoms. The molecule has 5 rings (SSSR count). The van der Waals surface area contributed by atoms with Gasteiger partial charge in [0.15, 0.2) is 0 Å². The van der Waals surface area contributed by atoms with Crippen molar-refractivity contribution in [3.05, 3.63) is 75.8 Å². The van der Waals surface area contributed by atoms with Gasteiger partial charge in [0.25, 0.3) is 11.5 Å². The van der Waals surface area contributed by atoms with Gasteiger partial charge in [-0.15, -0.1) is 0 Å². The monoisotopic (exact) mass is 372 g/mol. The summed E-state index contributed by atoms with van der Waals surface area (Å²) >= 11 is 0. The van der Waals surface area contributed by atoms with E-state index in [1.54, 1.807) is 28.3 Å². The van der Waals surface area contributed by atoms with Gasteiger partial charge in [-0.25, -0.2) is 4.98 Å². The maximum absolute atomic E-state index is 13.4. The number of aryl methyl sites for hydroxylation is 3. The number of anilines is 1. The highest BCUT2D eigenvalue weighted by Crippen LogP contribution is 2.29. The summed E-state index contributed by atoms with van der Waals surface area (Å²) in [6.45, 7) is 2.61. The Morgan fingerprint density at radius 1 is 1.14 bits per heavy atom. The average molecular weight is 372 g/mol. The highest BCUT2D eigenvalue weighted by molar-refractivity contribution is 6.08. The number of nitrogens with zero attached hydrogens (tertiary/aromatic N) is 4. The van der Waals surface area contributed by atoms with Gasteiger partial charge in [-0.3, -0.25) is 14.0 Å². The van der Waals surface area contributed by atoms with Crippen LogP contribution in [0.5, 0.6) is 0 Å². The number of rotatable bonds is 1. The first-order valence-electron chi connectivity index (χ1n) is 9.43. The third kappa shape index (κ3) is 2.37. The SMILES string of the molecule is Cc1ccc2nc3c(cc(C(=O)N4CCCc5ccccc54)n3C)c(=O)n2c1. The number of fused-ring (bicyclic) bond motifs is 3. The van der Waals surface area contributed by atoms with Crippen LogP contribution in [0.2, 0.25) is 0 Å². The zero-order valence-electron chi connectivity index (χ0n) is 15.8. The van der Waals surface area contributed by atoms with E-state index in [-0.39, 0.29) is 11.5 Å². The van der Waals surface area contributed by atoms with Crippen LogP contribution in [0.1, 0.15) is 28.0 Å². The third-order valence-electron chi connectivity index (χ3n) is 5.52. The van der Waals surface area contributed by atoms with Crippen molar-refractivity contribution in [1.29, 1.82) is 0 Å². The molecule has 1 aliphatic heterocycles. The largest absolute Gasteiger partial charge is 0.324 e. The van der Waals surface area contributed by atoms with Crippen LogP contribution in [-0.4, -0.2) is 26.4 Å². The van der Waals surface area contributed by atoms with E-state index in [0.717, 1.165) is 24.1 Å². The molecule has 0 spiro atoms. The predicted octanol–water partition coefficient (Wildman–Crippen LogP) is 3.09. The van der Waals surface area contributed by atoms with Gasteiger partial charge >= 0.3 is 0 Å². The lowest BCUT2D eigenvalue weighted by molar-refractivity contribution is 0.0977. The molecule has 0 unspecified atom stereocenters. The molecule has 0 bridgehead atoms. The normalized spacial score (nSPS) is 13.9. The van der Waals surface area contributed by atoms with Crippen LogP contribution in [0.15, 0.2) is 53.5 Å². The molecule has 0 N–H and O–H groups in total. The van der Waals surface area contributed by atoms with Crippen LogP contribution in [0.4, 0.5) is 5.69 Å². The summed E-state index contributed by atoms with van der Waals surface area (Å²) in [4.78, 5) is 32.8. The van der Waals surface area contributed by atoms with E-state index in [4.69, 9.17) is 0 Å². The van der Waals surface area contributed by atoms with Crippen LogP contribution in [0.25, 0.3) is 16.7 Å². The van der Waals surface area contributed by atoms with Crippen molar-refractivity contribution in [2.45, 2.75) is 19.8 Å². The van der Waals surface area contributed by atoms with E-state index in [9.17, 15) is 9.59 Å². The fraction of sp³-hybridized carbons (Fsp3) is 0.227. The Morgan fingerprint density at radius 3 is 2.82 bits per heavy atom. The Morgan fingerprint density at radius 2 is 1.96 bits per heavy atom. The zero-order valence-corrected chi connectivity index (χ0v) is 15.8. The van der Waals surface area contributed by atoms with Gasteiger partial charge in [0.1, 0.15) is 17.0 Å². The standard InChI is InChI=1S/C22H20N4O2/c1-14-9-10-19-23-20-16(21(27)26(19)13-14)12-18(24(20)2)22(28)25-11-5-7-15-6-3-4-8-17(15)25/h3-4,6,8-10,12-13H,5,7,11H2,1-2H3. The second kappa shape index (κ2) is 6.05. The molecular formula is C22H20N4O2. The van der Waals surface area contributed by atoms with Crippen molar-refractivity contribution < 1.29 is 4.79 Å². The molecule has 0 saturated carbocycles.